The summed E-state index contributed by atoms with van der Waals surface area (Å²) in [5.41, 5.74) is 8.01. The standard InChI is InChI=1S/C50H32N2OS/c1-3-16-36(17-4-1)51(37-18-5-2-6-19-37)40-30-44-49-41-20-10-9-14-34(41)24-28-46(49)53-50(44)45(31-40)52(38-25-23-33-13-7-8-15-35(33)29-38)39-26-27-43-42-21-11-12-22-47(42)54-48(43)32-39/h1-32H. The van der Waals surface area contributed by atoms with Crippen molar-refractivity contribution >= 4 is 109 Å². The second kappa shape index (κ2) is 12.4. The van der Waals surface area contributed by atoms with Crippen LogP contribution in [0.15, 0.2) is 199 Å². The monoisotopic (exact) mass is 708 g/mol. The molecule has 4 heteroatoms. The van der Waals surface area contributed by atoms with Crippen molar-refractivity contribution in [3.8, 4) is 0 Å². The molecule has 0 aliphatic carbocycles. The average molecular weight is 709 g/mol. The summed E-state index contributed by atoms with van der Waals surface area (Å²) in [7, 11) is 0. The number of rotatable bonds is 6. The number of thiophene rings is 1. The first-order valence-electron chi connectivity index (χ1n) is 18.3. The van der Waals surface area contributed by atoms with Crippen molar-refractivity contribution in [2.45, 2.75) is 0 Å². The van der Waals surface area contributed by atoms with Gasteiger partial charge in [-0.15, -0.1) is 11.3 Å². The summed E-state index contributed by atoms with van der Waals surface area (Å²) in [6.07, 6.45) is 0. The molecule has 0 amide bonds. The van der Waals surface area contributed by atoms with Gasteiger partial charge in [0, 0.05) is 59.4 Å². The molecule has 3 nitrogen and oxygen atoms in total. The SMILES string of the molecule is c1ccc(N(c2ccccc2)c2cc(N(c3ccc4ccccc4c3)c3ccc4c(c3)sc3ccccc34)c3oc4ccc5ccccc5c4c3c2)cc1. The van der Waals surface area contributed by atoms with E-state index in [1.165, 1.54) is 41.7 Å². The van der Waals surface area contributed by atoms with Crippen LogP contribution < -0.4 is 9.80 Å². The van der Waals surface area contributed by atoms with Gasteiger partial charge in [-0.2, -0.15) is 0 Å². The molecule has 0 spiro atoms. The van der Waals surface area contributed by atoms with Gasteiger partial charge in [0.15, 0.2) is 5.58 Å². The van der Waals surface area contributed by atoms with E-state index < -0.39 is 0 Å². The second-order valence-corrected chi connectivity index (χ2v) is 14.8. The number of hydrogen-bond donors (Lipinski definition) is 0. The molecule has 0 bridgehead atoms. The normalized spacial score (nSPS) is 11.7. The second-order valence-electron chi connectivity index (χ2n) is 13.8. The van der Waals surface area contributed by atoms with E-state index >= 15 is 0 Å². The molecular weight excluding hydrogens is 677 g/mol. The Morgan fingerprint density at radius 3 is 1.76 bits per heavy atom. The Morgan fingerprint density at radius 1 is 0.352 bits per heavy atom. The minimum Gasteiger partial charge on any atom is -0.454 e. The highest BCUT2D eigenvalue weighted by atomic mass is 32.1. The first kappa shape index (κ1) is 30.7. The van der Waals surface area contributed by atoms with Gasteiger partial charge in [-0.1, -0.05) is 121 Å². The van der Waals surface area contributed by atoms with Crippen molar-refractivity contribution in [2.75, 3.05) is 9.80 Å². The maximum absolute atomic E-state index is 7.03. The summed E-state index contributed by atoms with van der Waals surface area (Å²) < 4.78 is 9.56. The minimum atomic E-state index is 0.843. The molecule has 254 valence electrons. The molecule has 0 aliphatic rings. The van der Waals surface area contributed by atoms with E-state index in [9.17, 15) is 0 Å². The number of fused-ring (bicyclic) bond motifs is 9. The van der Waals surface area contributed by atoms with E-state index in [2.05, 4.69) is 204 Å². The molecule has 9 aromatic carbocycles. The molecule has 0 aliphatic heterocycles. The van der Waals surface area contributed by atoms with Gasteiger partial charge in [0.1, 0.15) is 5.58 Å². The molecule has 0 fully saturated rings. The van der Waals surface area contributed by atoms with Crippen LogP contribution in [0.5, 0.6) is 0 Å². The first-order chi connectivity index (χ1) is 26.8. The van der Waals surface area contributed by atoms with Crippen molar-refractivity contribution in [3.05, 3.63) is 194 Å². The van der Waals surface area contributed by atoms with E-state index in [0.717, 1.165) is 56.1 Å². The Bertz CT molecular complexity index is 3140. The Kier molecular flexibility index (Phi) is 7.04. The Labute approximate surface area is 316 Å². The lowest BCUT2D eigenvalue weighted by molar-refractivity contribution is 0.669. The molecule has 54 heavy (non-hydrogen) atoms. The lowest BCUT2D eigenvalue weighted by Crippen LogP contribution is -2.13. The molecule has 2 aromatic heterocycles. The first-order valence-corrected chi connectivity index (χ1v) is 19.1. The predicted octanol–water partition coefficient (Wildman–Crippen LogP) is 15.2. The topological polar surface area (TPSA) is 19.6 Å². The van der Waals surface area contributed by atoms with Crippen molar-refractivity contribution in [1.82, 2.24) is 0 Å². The van der Waals surface area contributed by atoms with E-state index in [4.69, 9.17) is 4.42 Å². The summed E-state index contributed by atoms with van der Waals surface area (Å²) in [4.78, 5) is 4.74. The number of anilines is 6. The molecule has 2 heterocycles. The summed E-state index contributed by atoms with van der Waals surface area (Å²) in [6, 6.07) is 69.7. The molecular formula is C50H32N2OS. The minimum absolute atomic E-state index is 0.843. The number of furan rings is 1. The summed E-state index contributed by atoms with van der Waals surface area (Å²) in [6.45, 7) is 0. The van der Waals surface area contributed by atoms with E-state index in [1.54, 1.807) is 0 Å². The van der Waals surface area contributed by atoms with Gasteiger partial charge < -0.3 is 14.2 Å². The van der Waals surface area contributed by atoms with Gasteiger partial charge in [0.05, 0.1) is 5.69 Å². The van der Waals surface area contributed by atoms with Crippen LogP contribution in [0.25, 0.3) is 63.7 Å². The maximum atomic E-state index is 7.03. The number of hydrogen-bond acceptors (Lipinski definition) is 4. The zero-order valence-electron chi connectivity index (χ0n) is 29.2. The highest BCUT2D eigenvalue weighted by Crippen LogP contribution is 2.49. The van der Waals surface area contributed by atoms with Crippen LogP contribution in [0.4, 0.5) is 34.1 Å². The molecule has 0 atom stereocenters. The molecule has 0 saturated carbocycles. The zero-order valence-corrected chi connectivity index (χ0v) is 30.0. The van der Waals surface area contributed by atoms with Crippen LogP contribution in [-0.2, 0) is 0 Å². The smallest absolute Gasteiger partial charge is 0.159 e. The van der Waals surface area contributed by atoms with Gasteiger partial charge in [0.25, 0.3) is 0 Å². The third kappa shape index (κ3) is 4.96. The lowest BCUT2D eigenvalue weighted by atomic mass is 10.0. The van der Waals surface area contributed by atoms with Gasteiger partial charge >= 0.3 is 0 Å². The molecule has 0 unspecified atom stereocenters. The molecule has 0 radical (unpaired) electrons. The highest BCUT2D eigenvalue weighted by Gasteiger charge is 2.25. The fourth-order valence-electron chi connectivity index (χ4n) is 8.11. The predicted molar refractivity (Wildman–Crippen MR) is 231 cm³/mol. The van der Waals surface area contributed by atoms with Gasteiger partial charge in [-0.05, 0) is 94.3 Å². The summed E-state index contributed by atoms with van der Waals surface area (Å²) in [5.74, 6) is 0. The van der Waals surface area contributed by atoms with Crippen molar-refractivity contribution in [1.29, 1.82) is 0 Å². The third-order valence-corrected chi connectivity index (χ3v) is 11.7. The fraction of sp³-hybridized carbons (Fsp3) is 0. The van der Waals surface area contributed by atoms with E-state index in [0.29, 0.717) is 0 Å². The Hall–Kier alpha value is -6.88. The van der Waals surface area contributed by atoms with Gasteiger partial charge in [-0.25, -0.2) is 0 Å². The Morgan fingerprint density at radius 2 is 0.963 bits per heavy atom. The van der Waals surface area contributed by atoms with Crippen LogP contribution in [0.1, 0.15) is 0 Å². The van der Waals surface area contributed by atoms with Crippen molar-refractivity contribution < 1.29 is 4.42 Å². The maximum Gasteiger partial charge on any atom is 0.159 e. The van der Waals surface area contributed by atoms with Crippen molar-refractivity contribution in [3.63, 3.8) is 0 Å². The summed E-state index contributed by atoms with van der Waals surface area (Å²) >= 11 is 1.84. The van der Waals surface area contributed by atoms with Crippen LogP contribution in [0.3, 0.4) is 0 Å². The van der Waals surface area contributed by atoms with Crippen LogP contribution in [-0.4, -0.2) is 0 Å². The zero-order chi connectivity index (χ0) is 35.6. The molecule has 11 rings (SSSR count). The molecule has 0 N–H and O–H groups in total. The third-order valence-electron chi connectivity index (χ3n) is 10.6. The number of benzene rings is 9. The van der Waals surface area contributed by atoms with Gasteiger partial charge in [-0.3, -0.25) is 0 Å². The average Bonchev–Trinajstić information content (AvgIpc) is 3.80. The molecule has 0 saturated heterocycles. The molecule has 11 aromatic rings. The number of nitrogens with zero attached hydrogens (tertiary/aromatic N) is 2. The van der Waals surface area contributed by atoms with Crippen LogP contribution in [0.2, 0.25) is 0 Å². The van der Waals surface area contributed by atoms with Crippen LogP contribution in [0, 0.1) is 0 Å². The van der Waals surface area contributed by atoms with Crippen LogP contribution >= 0.6 is 11.3 Å². The van der Waals surface area contributed by atoms with Gasteiger partial charge in [0.2, 0.25) is 0 Å². The Balaban J connectivity index is 1.26. The fourth-order valence-corrected chi connectivity index (χ4v) is 9.25. The largest absolute Gasteiger partial charge is 0.454 e. The lowest BCUT2D eigenvalue weighted by Gasteiger charge is -2.30. The van der Waals surface area contributed by atoms with Crippen molar-refractivity contribution in [2.24, 2.45) is 0 Å². The quantitative estimate of drug-likeness (QED) is 0.171. The van der Waals surface area contributed by atoms with E-state index in [-0.39, 0.29) is 0 Å². The number of para-hydroxylation sites is 2. The van der Waals surface area contributed by atoms with E-state index in [1.807, 2.05) is 11.3 Å². The summed E-state index contributed by atoms with van der Waals surface area (Å²) in [5, 5.41) is 9.49. The highest BCUT2D eigenvalue weighted by molar-refractivity contribution is 7.25.